The Bertz CT molecular complexity index is 1180. The van der Waals surface area contributed by atoms with Crippen molar-refractivity contribution in [3.8, 4) is 11.5 Å². The van der Waals surface area contributed by atoms with Gasteiger partial charge >= 0.3 is 18.3 Å². The van der Waals surface area contributed by atoms with Gasteiger partial charge in [0.25, 0.3) is 5.60 Å². The summed E-state index contributed by atoms with van der Waals surface area (Å²) in [4.78, 5) is 11.1. The molecule has 0 bridgehead atoms. The molecule has 0 aliphatic heterocycles. The van der Waals surface area contributed by atoms with Gasteiger partial charge in [0, 0.05) is 12.5 Å². The molecule has 0 saturated carbocycles. The molecule has 0 aliphatic rings. The predicted molar refractivity (Wildman–Crippen MR) is 120 cm³/mol. The van der Waals surface area contributed by atoms with Gasteiger partial charge in [-0.1, -0.05) is 54.6 Å². The van der Waals surface area contributed by atoms with Gasteiger partial charge in [0.2, 0.25) is 0 Å². The lowest BCUT2D eigenvalue weighted by atomic mass is 9.92. The molecule has 0 fully saturated rings. The van der Waals surface area contributed by atoms with Gasteiger partial charge in [-0.3, -0.25) is 4.79 Å². The predicted octanol–water partition coefficient (Wildman–Crippen LogP) is 6.26. The van der Waals surface area contributed by atoms with E-state index in [1.165, 1.54) is 13.0 Å². The Morgan fingerprint density at radius 1 is 0.838 bits per heavy atom. The van der Waals surface area contributed by atoms with Crippen LogP contribution in [-0.4, -0.2) is 30.0 Å². The summed E-state index contributed by atoms with van der Waals surface area (Å²) >= 11 is 0. The van der Waals surface area contributed by atoms with Crippen LogP contribution >= 0.6 is 0 Å². The maximum atomic E-state index is 13.3. The van der Waals surface area contributed by atoms with Gasteiger partial charge < -0.3 is 19.3 Å². The summed E-state index contributed by atoms with van der Waals surface area (Å²) in [5, 5.41) is 9.67. The summed E-state index contributed by atoms with van der Waals surface area (Å²) in [6.07, 6.45) is -12.9. The van der Waals surface area contributed by atoms with Crippen molar-refractivity contribution in [1.29, 1.82) is 0 Å². The molecule has 1 N–H and O–H groups in total. The lowest BCUT2D eigenvalue weighted by Crippen LogP contribution is -2.53. The van der Waals surface area contributed by atoms with Gasteiger partial charge in [0.1, 0.15) is 24.7 Å². The molecular formula is C26H22F6O5. The largest absolute Gasteiger partial charge is 0.489 e. The van der Waals surface area contributed by atoms with Gasteiger partial charge in [-0.15, -0.1) is 0 Å². The number of alkyl halides is 6. The molecule has 0 radical (unpaired) electrons. The zero-order valence-corrected chi connectivity index (χ0v) is 19.3. The Hall–Kier alpha value is -3.73. The van der Waals surface area contributed by atoms with E-state index in [1.54, 1.807) is 54.6 Å². The standard InChI is InChI=1S/C26H22F6O5/c1-17(33)35-15-18-7-5-12-22(13-18)37-23(19-8-3-2-4-9-19)16-36-21-11-6-10-20(14-21)24(34,25(27,28)29)26(30,31)32/h2-14,23,34H,15-16H2,1H3. The quantitative estimate of drug-likeness (QED) is 0.262. The lowest BCUT2D eigenvalue weighted by molar-refractivity contribution is -0.376. The second-order valence-corrected chi connectivity index (χ2v) is 7.99. The van der Waals surface area contributed by atoms with Crippen LogP contribution in [0, 0.1) is 0 Å². The molecule has 5 nitrogen and oxygen atoms in total. The number of esters is 1. The summed E-state index contributed by atoms with van der Waals surface area (Å²) in [7, 11) is 0. The van der Waals surface area contributed by atoms with Crippen molar-refractivity contribution in [1.82, 2.24) is 0 Å². The maximum absolute atomic E-state index is 13.3. The second kappa shape index (κ2) is 11.1. The molecule has 0 amide bonds. The smallest absolute Gasteiger partial charge is 0.430 e. The number of halogens is 6. The molecule has 0 saturated heterocycles. The van der Waals surface area contributed by atoms with E-state index in [0.717, 1.165) is 6.07 Å². The van der Waals surface area contributed by atoms with Crippen molar-refractivity contribution in [2.45, 2.75) is 37.6 Å². The van der Waals surface area contributed by atoms with E-state index in [-0.39, 0.29) is 19.0 Å². The number of hydrogen-bond donors (Lipinski definition) is 1. The first-order valence-corrected chi connectivity index (χ1v) is 10.8. The molecule has 0 aliphatic carbocycles. The summed E-state index contributed by atoms with van der Waals surface area (Å²) in [5.41, 5.74) is -5.25. The molecule has 1 atom stereocenters. The highest BCUT2D eigenvalue weighted by Crippen LogP contribution is 2.50. The molecular weight excluding hydrogens is 506 g/mol. The minimum atomic E-state index is -6.02. The first-order chi connectivity index (χ1) is 17.3. The molecule has 3 rings (SSSR count). The SMILES string of the molecule is CC(=O)OCc1cccc(OC(COc2cccc(C(O)(C(F)(F)F)C(F)(F)F)c2)c2ccccc2)c1. The Morgan fingerprint density at radius 2 is 1.46 bits per heavy atom. The molecule has 198 valence electrons. The first-order valence-electron chi connectivity index (χ1n) is 10.8. The number of ether oxygens (including phenoxy) is 3. The molecule has 3 aromatic rings. The molecule has 0 heterocycles. The van der Waals surface area contributed by atoms with Gasteiger partial charge in [-0.05, 0) is 35.4 Å². The van der Waals surface area contributed by atoms with Crippen LogP contribution in [0.1, 0.15) is 29.7 Å². The molecule has 3 aromatic carbocycles. The van der Waals surface area contributed by atoms with Gasteiger partial charge in [0.15, 0.2) is 6.10 Å². The fraction of sp³-hybridized carbons (Fsp3) is 0.269. The Morgan fingerprint density at radius 3 is 2.08 bits per heavy atom. The van der Waals surface area contributed by atoms with E-state index in [2.05, 4.69) is 0 Å². The second-order valence-electron chi connectivity index (χ2n) is 7.99. The van der Waals surface area contributed by atoms with Crippen LogP contribution in [0.5, 0.6) is 11.5 Å². The van der Waals surface area contributed by atoms with Crippen LogP contribution in [-0.2, 0) is 21.7 Å². The van der Waals surface area contributed by atoms with E-state index in [1.807, 2.05) is 0 Å². The van der Waals surface area contributed by atoms with Crippen LogP contribution in [0.2, 0.25) is 0 Å². The monoisotopic (exact) mass is 528 g/mol. The zero-order valence-electron chi connectivity index (χ0n) is 19.3. The summed E-state index contributed by atoms with van der Waals surface area (Å²) in [6, 6.07) is 18.3. The van der Waals surface area contributed by atoms with Gasteiger partial charge in [-0.25, -0.2) is 0 Å². The fourth-order valence-electron chi connectivity index (χ4n) is 3.39. The normalized spacial score (nSPS) is 13.1. The fourth-order valence-corrected chi connectivity index (χ4v) is 3.39. The number of carbonyl (C=O) groups is 1. The van der Waals surface area contributed by atoms with Crippen LogP contribution in [0.4, 0.5) is 26.3 Å². The van der Waals surface area contributed by atoms with E-state index < -0.39 is 35.6 Å². The van der Waals surface area contributed by atoms with E-state index >= 15 is 0 Å². The molecule has 1 unspecified atom stereocenters. The van der Waals surface area contributed by atoms with Crippen molar-refractivity contribution in [2.24, 2.45) is 0 Å². The van der Waals surface area contributed by atoms with Crippen molar-refractivity contribution in [2.75, 3.05) is 6.61 Å². The number of rotatable bonds is 9. The number of carbonyl (C=O) groups excluding carboxylic acids is 1. The third-order valence-electron chi connectivity index (χ3n) is 5.26. The highest BCUT2D eigenvalue weighted by Gasteiger charge is 2.71. The van der Waals surface area contributed by atoms with E-state index in [0.29, 0.717) is 29.0 Å². The van der Waals surface area contributed by atoms with E-state index in [9.17, 15) is 36.2 Å². The minimum absolute atomic E-state index is 0.00709. The van der Waals surface area contributed by atoms with Crippen LogP contribution < -0.4 is 9.47 Å². The van der Waals surface area contributed by atoms with Crippen molar-refractivity contribution < 1.29 is 50.5 Å². The van der Waals surface area contributed by atoms with Gasteiger partial charge in [-0.2, -0.15) is 26.3 Å². The Labute approximate surface area is 208 Å². The van der Waals surface area contributed by atoms with Crippen molar-refractivity contribution in [3.63, 3.8) is 0 Å². The Balaban J connectivity index is 1.84. The van der Waals surface area contributed by atoms with E-state index in [4.69, 9.17) is 14.2 Å². The first kappa shape index (κ1) is 27.9. The average molecular weight is 528 g/mol. The van der Waals surface area contributed by atoms with Crippen LogP contribution in [0.25, 0.3) is 0 Å². The third kappa shape index (κ3) is 6.73. The minimum Gasteiger partial charge on any atom is -0.489 e. The van der Waals surface area contributed by atoms with Gasteiger partial charge in [0.05, 0.1) is 0 Å². The average Bonchev–Trinajstić information content (AvgIpc) is 2.84. The molecule has 11 heteroatoms. The highest BCUT2D eigenvalue weighted by atomic mass is 19.4. The summed E-state index contributed by atoms with van der Waals surface area (Å²) in [5.74, 6) is -0.441. The van der Waals surface area contributed by atoms with Crippen molar-refractivity contribution >= 4 is 5.97 Å². The van der Waals surface area contributed by atoms with Crippen LogP contribution in [0.3, 0.4) is 0 Å². The zero-order chi connectivity index (χ0) is 27.3. The number of aliphatic hydroxyl groups is 1. The highest BCUT2D eigenvalue weighted by molar-refractivity contribution is 5.65. The molecule has 0 spiro atoms. The molecule has 0 aromatic heterocycles. The third-order valence-corrected chi connectivity index (χ3v) is 5.26. The summed E-state index contributed by atoms with van der Waals surface area (Å²) < 4.78 is 96.1. The van der Waals surface area contributed by atoms with Crippen LogP contribution in [0.15, 0.2) is 78.9 Å². The number of hydrogen-bond acceptors (Lipinski definition) is 5. The lowest BCUT2D eigenvalue weighted by Gasteiger charge is -2.32. The van der Waals surface area contributed by atoms with Crippen molar-refractivity contribution in [3.05, 3.63) is 95.6 Å². The Kier molecular flexibility index (Phi) is 8.37. The maximum Gasteiger partial charge on any atom is 0.430 e. The topological polar surface area (TPSA) is 65.0 Å². The molecule has 37 heavy (non-hydrogen) atoms. The summed E-state index contributed by atoms with van der Waals surface area (Å²) in [6.45, 7) is 0.980. The number of benzene rings is 3.